The third-order valence-electron chi connectivity index (χ3n) is 4.54. The number of hydrogen-bond donors (Lipinski definition) is 2. The third kappa shape index (κ3) is 5.06. The van der Waals surface area contributed by atoms with Crippen LogP contribution in [-0.4, -0.2) is 23.5 Å². The topological polar surface area (TPSA) is 76.7 Å². The van der Waals surface area contributed by atoms with Crippen molar-refractivity contribution in [3.8, 4) is 11.5 Å². The Morgan fingerprint density at radius 2 is 1.73 bits per heavy atom. The van der Waals surface area contributed by atoms with Crippen LogP contribution in [0.3, 0.4) is 0 Å². The molecule has 2 aromatic rings. The molecule has 30 heavy (non-hydrogen) atoms. The summed E-state index contributed by atoms with van der Waals surface area (Å²) in [5.41, 5.74) is 4.04. The molecule has 0 aromatic heterocycles. The second-order valence-electron chi connectivity index (χ2n) is 6.77. The number of aryl methyl sites for hydroxylation is 2. The van der Waals surface area contributed by atoms with Gasteiger partial charge in [-0.05, 0) is 89.4 Å². The lowest BCUT2D eigenvalue weighted by molar-refractivity contribution is -0.123. The highest BCUT2D eigenvalue weighted by atomic mass is 79.9. The zero-order valence-corrected chi connectivity index (χ0v) is 19.2. The molecule has 0 radical (unpaired) electrons. The highest BCUT2D eigenvalue weighted by molar-refractivity contribution is 9.10. The summed E-state index contributed by atoms with van der Waals surface area (Å²) in [7, 11) is 0. The van der Waals surface area contributed by atoms with E-state index in [4.69, 9.17) is 21.7 Å². The van der Waals surface area contributed by atoms with Gasteiger partial charge in [0.15, 0.2) is 16.6 Å². The van der Waals surface area contributed by atoms with Gasteiger partial charge < -0.3 is 9.47 Å². The fourth-order valence-electron chi connectivity index (χ4n) is 2.90. The highest BCUT2D eigenvalue weighted by Crippen LogP contribution is 2.38. The number of ether oxygens (including phenoxy) is 2. The number of hydrogen-bond acceptors (Lipinski definition) is 5. The van der Waals surface area contributed by atoms with Crippen LogP contribution in [0.25, 0.3) is 6.08 Å². The third-order valence-corrected chi connectivity index (χ3v) is 5.33. The van der Waals surface area contributed by atoms with Gasteiger partial charge in [0.2, 0.25) is 0 Å². The van der Waals surface area contributed by atoms with E-state index in [9.17, 15) is 9.59 Å². The van der Waals surface area contributed by atoms with Crippen LogP contribution < -0.4 is 20.1 Å². The number of rotatable bonds is 6. The number of halogens is 1. The number of thiocarbonyl (C=S) groups is 1. The van der Waals surface area contributed by atoms with Crippen molar-refractivity contribution in [3.63, 3.8) is 0 Å². The normalized spacial score (nSPS) is 13.6. The minimum Gasteiger partial charge on any atom is -0.490 e. The zero-order valence-electron chi connectivity index (χ0n) is 16.8. The molecule has 0 bridgehead atoms. The van der Waals surface area contributed by atoms with Crippen LogP contribution in [0, 0.1) is 13.8 Å². The maximum absolute atomic E-state index is 12.1. The van der Waals surface area contributed by atoms with Crippen LogP contribution in [-0.2, 0) is 16.2 Å². The van der Waals surface area contributed by atoms with Crippen molar-refractivity contribution < 1.29 is 19.1 Å². The molecule has 0 atom stereocenters. The summed E-state index contributed by atoms with van der Waals surface area (Å²) in [6.07, 6.45) is 1.48. The fraction of sp³-hybridized carbons (Fsp3) is 0.227. The summed E-state index contributed by atoms with van der Waals surface area (Å²) in [5.74, 6) is -0.0357. The number of nitrogens with one attached hydrogen (secondary N) is 2. The maximum Gasteiger partial charge on any atom is 0.263 e. The molecule has 0 saturated carbocycles. The van der Waals surface area contributed by atoms with Gasteiger partial charge in [-0.2, -0.15) is 0 Å². The average molecular weight is 489 g/mol. The van der Waals surface area contributed by atoms with Gasteiger partial charge in [-0.3, -0.25) is 20.2 Å². The van der Waals surface area contributed by atoms with Crippen molar-refractivity contribution in [2.24, 2.45) is 0 Å². The first-order chi connectivity index (χ1) is 14.3. The summed E-state index contributed by atoms with van der Waals surface area (Å²) in [4.78, 5) is 24.2. The van der Waals surface area contributed by atoms with E-state index >= 15 is 0 Å². The van der Waals surface area contributed by atoms with Crippen LogP contribution in [0.5, 0.6) is 11.5 Å². The van der Waals surface area contributed by atoms with E-state index in [2.05, 4.69) is 52.5 Å². The molecule has 1 fully saturated rings. The van der Waals surface area contributed by atoms with Crippen molar-refractivity contribution in [1.82, 2.24) is 10.6 Å². The molecule has 1 heterocycles. The number of amides is 2. The van der Waals surface area contributed by atoms with E-state index in [0.29, 0.717) is 34.7 Å². The quantitative estimate of drug-likeness (QED) is 0.365. The molecule has 2 aromatic carbocycles. The molecule has 2 N–H and O–H groups in total. The minimum atomic E-state index is -0.548. The van der Waals surface area contributed by atoms with Gasteiger partial charge in [0.1, 0.15) is 12.2 Å². The molecule has 3 rings (SSSR count). The molecule has 1 aliphatic heterocycles. The van der Waals surface area contributed by atoms with Gasteiger partial charge in [0, 0.05) is 0 Å². The van der Waals surface area contributed by atoms with Crippen molar-refractivity contribution in [2.75, 3.05) is 6.61 Å². The Kier molecular flexibility index (Phi) is 6.89. The monoisotopic (exact) mass is 488 g/mol. The van der Waals surface area contributed by atoms with E-state index in [1.165, 1.54) is 17.2 Å². The van der Waals surface area contributed by atoms with Crippen LogP contribution in [0.4, 0.5) is 0 Å². The maximum atomic E-state index is 12.1. The van der Waals surface area contributed by atoms with E-state index in [1.807, 2.05) is 13.0 Å². The molecular weight excluding hydrogens is 468 g/mol. The molecule has 0 spiro atoms. The Labute approximate surface area is 188 Å². The predicted molar refractivity (Wildman–Crippen MR) is 122 cm³/mol. The average Bonchev–Trinajstić information content (AvgIpc) is 2.67. The Morgan fingerprint density at radius 3 is 2.37 bits per heavy atom. The van der Waals surface area contributed by atoms with Crippen LogP contribution >= 0.6 is 28.1 Å². The Morgan fingerprint density at radius 1 is 1.03 bits per heavy atom. The summed E-state index contributed by atoms with van der Waals surface area (Å²) < 4.78 is 12.4. The summed E-state index contributed by atoms with van der Waals surface area (Å²) >= 11 is 8.34. The Hall–Kier alpha value is -2.71. The predicted octanol–water partition coefficient (Wildman–Crippen LogP) is 3.96. The van der Waals surface area contributed by atoms with E-state index < -0.39 is 11.8 Å². The van der Waals surface area contributed by atoms with Gasteiger partial charge >= 0.3 is 0 Å². The molecule has 1 saturated heterocycles. The van der Waals surface area contributed by atoms with Crippen molar-refractivity contribution in [2.45, 2.75) is 27.4 Å². The molecule has 1 aliphatic rings. The molecule has 2 amide bonds. The van der Waals surface area contributed by atoms with Gasteiger partial charge in [-0.25, -0.2) is 0 Å². The fourth-order valence-corrected chi connectivity index (χ4v) is 3.66. The molecule has 0 aliphatic carbocycles. The first-order valence-corrected chi connectivity index (χ1v) is 10.5. The van der Waals surface area contributed by atoms with Gasteiger partial charge in [0.25, 0.3) is 11.8 Å². The number of benzene rings is 2. The lowest BCUT2D eigenvalue weighted by atomic mass is 10.1. The summed E-state index contributed by atoms with van der Waals surface area (Å²) in [6, 6.07) is 9.67. The smallest absolute Gasteiger partial charge is 0.263 e. The molecular formula is C22H21BrN2O4S. The number of carbonyl (C=O) groups excluding carboxylic acids is 2. The Balaban J connectivity index is 1.89. The molecule has 0 unspecified atom stereocenters. The zero-order chi connectivity index (χ0) is 21.8. The second kappa shape index (κ2) is 9.40. The van der Waals surface area contributed by atoms with Gasteiger partial charge in [-0.15, -0.1) is 0 Å². The Bertz CT molecular complexity index is 1040. The van der Waals surface area contributed by atoms with Crippen molar-refractivity contribution in [1.29, 1.82) is 0 Å². The largest absolute Gasteiger partial charge is 0.490 e. The lowest BCUT2D eigenvalue weighted by Crippen LogP contribution is -2.51. The van der Waals surface area contributed by atoms with E-state index in [-0.39, 0.29) is 10.7 Å². The lowest BCUT2D eigenvalue weighted by Gasteiger charge is -2.17. The second-order valence-corrected chi connectivity index (χ2v) is 8.03. The first-order valence-electron chi connectivity index (χ1n) is 9.32. The standard InChI is InChI=1S/C22H21BrN2O4S/c1-4-28-18-10-15(8-16-20(26)24-22(30)25-21(16)27)9-17(23)19(18)29-11-14-6-5-12(2)13(3)7-14/h5-10H,4,11H2,1-3H3,(H2,24,25,26,27,30). The van der Waals surface area contributed by atoms with Crippen LogP contribution in [0.15, 0.2) is 40.4 Å². The number of carbonyl (C=O) groups is 2. The van der Waals surface area contributed by atoms with Crippen LogP contribution in [0.2, 0.25) is 0 Å². The van der Waals surface area contributed by atoms with E-state index in [0.717, 1.165) is 5.56 Å². The summed E-state index contributed by atoms with van der Waals surface area (Å²) in [5, 5.41) is 4.83. The van der Waals surface area contributed by atoms with Crippen molar-refractivity contribution >= 4 is 51.2 Å². The van der Waals surface area contributed by atoms with Crippen LogP contribution in [0.1, 0.15) is 29.2 Å². The van der Waals surface area contributed by atoms with Gasteiger partial charge in [0.05, 0.1) is 11.1 Å². The van der Waals surface area contributed by atoms with Crippen molar-refractivity contribution in [3.05, 3.63) is 62.6 Å². The van der Waals surface area contributed by atoms with E-state index in [1.54, 1.807) is 12.1 Å². The molecule has 156 valence electrons. The first kappa shape index (κ1) is 22.0. The SMILES string of the molecule is CCOc1cc(C=C2C(=O)NC(=S)NC2=O)cc(Br)c1OCc1ccc(C)c(C)c1. The summed E-state index contributed by atoms with van der Waals surface area (Å²) in [6.45, 7) is 6.81. The van der Waals surface area contributed by atoms with Gasteiger partial charge in [-0.1, -0.05) is 18.2 Å². The minimum absolute atomic E-state index is 0.00609. The molecule has 8 heteroatoms. The molecule has 6 nitrogen and oxygen atoms in total. The highest BCUT2D eigenvalue weighted by Gasteiger charge is 2.26.